The van der Waals surface area contributed by atoms with Crippen LogP contribution in [-0.2, 0) is 19.9 Å². The Balaban J connectivity index is 2.62. The van der Waals surface area contributed by atoms with Crippen LogP contribution in [0.1, 0.15) is 18.0 Å². The SMILES string of the molecule is C=CC1CC(NC(O)(O)C(O)(O)O)c2cc(S(N)(=O)=O)sc2S1(=O)=O. The molecule has 2 heterocycles. The van der Waals surface area contributed by atoms with Crippen LogP contribution >= 0.6 is 11.3 Å². The molecule has 0 radical (unpaired) electrons. The second-order valence-corrected chi connectivity index (χ2v) is 10.6. The van der Waals surface area contributed by atoms with Crippen molar-refractivity contribution in [2.24, 2.45) is 5.14 Å². The molecule has 142 valence electrons. The van der Waals surface area contributed by atoms with E-state index in [1.54, 1.807) is 0 Å². The van der Waals surface area contributed by atoms with Crippen LogP contribution in [-0.4, -0.2) is 59.5 Å². The Hall–Kier alpha value is -0.940. The van der Waals surface area contributed by atoms with E-state index in [0.717, 1.165) is 12.1 Å². The maximum atomic E-state index is 12.5. The van der Waals surface area contributed by atoms with Gasteiger partial charge in [0.05, 0.1) is 5.25 Å². The molecule has 1 aromatic heterocycles. The molecule has 0 aromatic carbocycles. The van der Waals surface area contributed by atoms with Gasteiger partial charge in [0.2, 0.25) is 10.0 Å². The minimum Gasteiger partial charge on any atom is -0.347 e. The standard InChI is InChI=1S/C11H16N2O9S3/c1-2-5-3-7(13-10(14,15)11(16,17)18)6-4-8(25(12,21)22)23-9(6)24(5,19)20/h2,4-5,7,13-18H,1,3H2,(H2,12,21,22). The van der Waals surface area contributed by atoms with Gasteiger partial charge in [0.15, 0.2) is 9.84 Å². The Bertz CT molecular complexity index is 896. The van der Waals surface area contributed by atoms with Crippen molar-refractivity contribution >= 4 is 31.2 Å². The Morgan fingerprint density at radius 1 is 1.32 bits per heavy atom. The minimum absolute atomic E-state index is 0.177. The van der Waals surface area contributed by atoms with Gasteiger partial charge < -0.3 is 25.5 Å². The van der Waals surface area contributed by atoms with Gasteiger partial charge in [-0.25, -0.2) is 22.0 Å². The van der Waals surface area contributed by atoms with Crippen molar-refractivity contribution in [1.29, 1.82) is 0 Å². The van der Waals surface area contributed by atoms with E-state index in [1.807, 2.05) is 5.32 Å². The highest BCUT2D eigenvalue weighted by atomic mass is 32.3. The number of thiophene rings is 1. The number of primary sulfonamides is 1. The summed E-state index contributed by atoms with van der Waals surface area (Å²) >= 11 is 0.366. The smallest absolute Gasteiger partial charge is 0.347 e. The number of sulfonamides is 1. The van der Waals surface area contributed by atoms with Crippen LogP contribution in [0.15, 0.2) is 27.1 Å². The van der Waals surface area contributed by atoms with Crippen LogP contribution in [0.3, 0.4) is 0 Å². The summed E-state index contributed by atoms with van der Waals surface area (Å²) in [6.07, 6.45) is 0.711. The molecule has 14 heteroatoms. The zero-order valence-corrected chi connectivity index (χ0v) is 14.8. The van der Waals surface area contributed by atoms with Crippen molar-refractivity contribution in [3.8, 4) is 0 Å². The summed E-state index contributed by atoms with van der Waals surface area (Å²) in [5.74, 6) is -7.63. The fourth-order valence-electron chi connectivity index (χ4n) is 2.29. The van der Waals surface area contributed by atoms with E-state index in [2.05, 4.69) is 6.58 Å². The fourth-order valence-corrected chi connectivity index (χ4v) is 6.75. The molecule has 2 rings (SSSR count). The van der Waals surface area contributed by atoms with Gasteiger partial charge in [-0.1, -0.05) is 6.08 Å². The molecule has 1 aromatic rings. The molecule has 8 N–H and O–H groups in total. The van der Waals surface area contributed by atoms with E-state index in [-0.39, 0.29) is 12.0 Å². The van der Waals surface area contributed by atoms with E-state index >= 15 is 0 Å². The summed E-state index contributed by atoms with van der Waals surface area (Å²) in [6.45, 7) is 3.37. The largest absolute Gasteiger partial charge is 0.348 e. The van der Waals surface area contributed by atoms with E-state index in [9.17, 15) is 27.0 Å². The average Bonchev–Trinajstić information content (AvgIpc) is 2.86. The summed E-state index contributed by atoms with van der Waals surface area (Å²) in [5.41, 5.74) is -0.177. The topological polar surface area (TPSA) is 207 Å². The van der Waals surface area contributed by atoms with Crippen molar-refractivity contribution in [2.75, 3.05) is 0 Å². The van der Waals surface area contributed by atoms with Crippen LogP contribution in [0, 0.1) is 0 Å². The molecule has 11 nitrogen and oxygen atoms in total. The third-order valence-electron chi connectivity index (χ3n) is 3.59. The number of hydrogen-bond donors (Lipinski definition) is 7. The maximum Gasteiger partial charge on any atom is 0.348 e. The molecule has 0 spiro atoms. The fraction of sp³-hybridized carbons (Fsp3) is 0.455. The molecule has 2 unspecified atom stereocenters. The van der Waals surface area contributed by atoms with E-state index in [0.29, 0.717) is 11.3 Å². The van der Waals surface area contributed by atoms with Gasteiger partial charge in [-0.05, 0) is 12.5 Å². The van der Waals surface area contributed by atoms with E-state index in [4.69, 9.17) is 20.5 Å². The number of hydrogen-bond acceptors (Lipinski definition) is 11. The Morgan fingerprint density at radius 3 is 2.32 bits per heavy atom. The second kappa shape index (κ2) is 6.05. The van der Waals surface area contributed by atoms with Gasteiger partial charge in [-0.2, -0.15) is 0 Å². The first-order chi connectivity index (χ1) is 11.1. The van der Waals surface area contributed by atoms with Gasteiger partial charge in [0.1, 0.15) is 8.42 Å². The van der Waals surface area contributed by atoms with Crippen LogP contribution in [0.2, 0.25) is 0 Å². The molecule has 2 atom stereocenters. The van der Waals surface area contributed by atoms with Gasteiger partial charge in [-0.3, -0.25) is 5.32 Å². The summed E-state index contributed by atoms with van der Waals surface area (Å²) in [4.78, 5) is 0. The summed E-state index contributed by atoms with van der Waals surface area (Å²) in [6, 6.07) is -0.359. The van der Waals surface area contributed by atoms with Crippen LogP contribution in [0.4, 0.5) is 0 Å². The zero-order chi connectivity index (χ0) is 19.4. The lowest BCUT2D eigenvalue weighted by Gasteiger charge is -2.36. The molecule has 25 heavy (non-hydrogen) atoms. The van der Waals surface area contributed by atoms with Crippen LogP contribution < -0.4 is 10.5 Å². The second-order valence-electron chi connectivity index (χ2n) is 5.41. The number of sulfone groups is 1. The lowest BCUT2D eigenvalue weighted by atomic mass is 10.0. The zero-order valence-electron chi connectivity index (χ0n) is 12.4. The first-order valence-corrected chi connectivity index (χ1v) is 10.4. The predicted molar refractivity (Wildman–Crippen MR) is 83.9 cm³/mol. The van der Waals surface area contributed by atoms with Gasteiger partial charge >= 0.3 is 11.9 Å². The maximum absolute atomic E-state index is 12.5. The molecule has 0 saturated heterocycles. The highest BCUT2D eigenvalue weighted by Crippen LogP contribution is 2.43. The first kappa shape index (κ1) is 20.4. The Labute approximate surface area is 146 Å². The summed E-state index contributed by atoms with van der Waals surface area (Å²) < 4.78 is 47.1. The highest BCUT2D eigenvalue weighted by molar-refractivity contribution is 7.95. The molecule has 0 fully saturated rings. The third kappa shape index (κ3) is 3.63. The number of aliphatic hydroxyl groups is 5. The van der Waals surface area contributed by atoms with Gasteiger partial charge in [0.25, 0.3) is 0 Å². The van der Waals surface area contributed by atoms with Crippen molar-refractivity contribution < 1.29 is 42.4 Å². The third-order valence-corrected chi connectivity index (χ3v) is 8.84. The van der Waals surface area contributed by atoms with Crippen molar-refractivity contribution in [3.63, 3.8) is 0 Å². The Kier molecular flexibility index (Phi) is 4.93. The van der Waals surface area contributed by atoms with E-state index in [1.165, 1.54) is 0 Å². The van der Waals surface area contributed by atoms with Gasteiger partial charge in [-0.15, -0.1) is 17.9 Å². The van der Waals surface area contributed by atoms with E-state index < -0.39 is 51.5 Å². The molecular formula is C11H16N2O9S3. The number of nitrogens with two attached hydrogens (primary N) is 1. The predicted octanol–water partition coefficient (Wildman–Crippen LogP) is -2.97. The molecule has 0 amide bonds. The van der Waals surface area contributed by atoms with Crippen molar-refractivity contribution in [1.82, 2.24) is 5.32 Å². The molecule has 0 aliphatic carbocycles. The lowest BCUT2D eigenvalue weighted by Crippen LogP contribution is -2.64. The normalized spacial score (nSPS) is 23.9. The first-order valence-electron chi connectivity index (χ1n) is 6.54. The molecule has 0 saturated carbocycles. The molecule has 0 bridgehead atoms. The van der Waals surface area contributed by atoms with Crippen molar-refractivity contribution in [2.45, 2.75) is 38.0 Å². The monoisotopic (exact) mass is 416 g/mol. The van der Waals surface area contributed by atoms with Crippen molar-refractivity contribution in [3.05, 3.63) is 24.3 Å². The Morgan fingerprint density at radius 2 is 1.88 bits per heavy atom. The molecule has 1 aliphatic heterocycles. The summed E-state index contributed by atoms with van der Waals surface area (Å²) in [7, 11) is -8.25. The molecular weight excluding hydrogens is 400 g/mol. The number of rotatable bonds is 5. The van der Waals surface area contributed by atoms with Crippen LogP contribution in [0.25, 0.3) is 0 Å². The highest BCUT2D eigenvalue weighted by Gasteiger charge is 2.50. The average molecular weight is 416 g/mol. The van der Waals surface area contributed by atoms with Gasteiger partial charge in [0, 0.05) is 11.6 Å². The number of nitrogens with one attached hydrogen (secondary N) is 1. The molecule has 1 aliphatic rings. The lowest BCUT2D eigenvalue weighted by molar-refractivity contribution is -0.457. The quantitative estimate of drug-likeness (QED) is 0.191. The number of fused-ring (bicyclic) bond motifs is 1. The van der Waals surface area contributed by atoms with Crippen LogP contribution in [0.5, 0.6) is 0 Å². The summed E-state index contributed by atoms with van der Waals surface area (Å²) in [5, 5.41) is 51.7. The minimum atomic E-state index is -4.24.